The third-order valence-corrected chi connectivity index (χ3v) is 7.29. The predicted molar refractivity (Wildman–Crippen MR) is 93.6 cm³/mol. The van der Waals surface area contributed by atoms with Gasteiger partial charge in [-0.3, -0.25) is 0 Å². The number of rotatable bonds is 4. The minimum atomic E-state index is -0.635. The molecule has 5 nitrogen and oxygen atoms in total. The van der Waals surface area contributed by atoms with Crippen LogP contribution < -0.4 is 0 Å². The Hall–Kier alpha value is -1.17. The fourth-order valence-corrected chi connectivity index (χ4v) is 5.55. The monoisotopic (exact) mass is 350 g/mol. The number of esters is 1. The number of hydrogen-bond donors (Lipinski definition) is 3. The molecule has 3 aliphatic rings. The van der Waals surface area contributed by atoms with Gasteiger partial charge in [-0.05, 0) is 61.0 Å². The summed E-state index contributed by atoms with van der Waals surface area (Å²) in [4.78, 5) is 11.7. The molecule has 6 atom stereocenters. The summed E-state index contributed by atoms with van der Waals surface area (Å²) >= 11 is 0. The van der Waals surface area contributed by atoms with Crippen molar-refractivity contribution in [2.75, 3.05) is 13.2 Å². The molecular formula is C20H30O5. The quantitative estimate of drug-likeness (QED) is 0.533. The van der Waals surface area contributed by atoms with Crippen LogP contribution >= 0.6 is 0 Å². The normalized spacial score (nSPS) is 44.3. The highest BCUT2D eigenvalue weighted by Gasteiger charge is 2.59. The van der Waals surface area contributed by atoms with Crippen molar-refractivity contribution in [3.63, 3.8) is 0 Å². The summed E-state index contributed by atoms with van der Waals surface area (Å²) in [5.41, 5.74) is 0.741. The van der Waals surface area contributed by atoms with E-state index in [1.54, 1.807) is 0 Å². The van der Waals surface area contributed by atoms with Crippen LogP contribution in [0.15, 0.2) is 23.8 Å². The molecule has 0 aromatic heterocycles. The lowest BCUT2D eigenvalue weighted by Gasteiger charge is -2.60. The van der Waals surface area contributed by atoms with E-state index in [9.17, 15) is 20.1 Å². The van der Waals surface area contributed by atoms with E-state index in [0.29, 0.717) is 31.4 Å². The summed E-state index contributed by atoms with van der Waals surface area (Å²) < 4.78 is 4.98. The first-order chi connectivity index (χ1) is 11.7. The molecule has 0 amide bonds. The van der Waals surface area contributed by atoms with E-state index in [4.69, 9.17) is 4.74 Å². The molecule has 1 heterocycles. The average molecular weight is 350 g/mol. The minimum absolute atomic E-state index is 0.00348. The molecule has 0 bridgehead atoms. The Bertz CT molecular complexity index is 597. The van der Waals surface area contributed by atoms with Crippen LogP contribution in [0.5, 0.6) is 0 Å². The minimum Gasteiger partial charge on any atom is -0.458 e. The number of carbonyl (C=O) groups excluding carboxylic acids is 1. The highest BCUT2D eigenvalue weighted by atomic mass is 16.5. The molecular weight excluding hydrogens is 320 g/mol. The molecule has 0 unspecified atom stereocenters. The number of hydrogen-bond acceptors (Lipinski definition) is 5. The van der Waals surface area contributed by atoms with Gasteiger partial charge in [0.1, 0.15) is 6.61 Å². The van der Waals surface area contributed by atoms with Gasteiger partial charge in [-0.1, -0.05) is 20.4 Å². The molecule has 0 aromatic rings. The molecule has 3 N–H and O–H groups in total. The fourth-order valence-electron chi connectivity index (χ4n) is 5.55. The summed E-state index contributed by atoms with van der Waals surface area (Å²) in [5.74, 6) is -0.194. The van der Waals surface area contributed by atoms with Gasteiger partial charge in [-0.25, -0.2) is 4.79 Å². The highest BCUT2D eigenvalue weighted by molar-refractivity contribution is 5.90. The van der Waals surface area contributed by atoms with Gasteiger partial charge in [0.2, 0.25) is 0 Å². The molecule has 2 fully saturated rings. The lowest BCUT2D eigenvalue weighted by molar-refractivity contribution is -0.164. The molecule has 0 radical (unpaired) electrons. The largest absolute Gasteiger partial charge is 0.458 e. The molecule has 1 aliphatic heterocycles. The number of ether oxygens (including phenoxy) is 1. The van der Waals surface area contributed by atoms with Crippen molar-refractivity contribution in [2.24, 2.45) is 22.7 Å². The maximum Gasteiger partial charge on any atom is 0.334 e. The van der Waals surface area contributed by atoms with Gasteiger partial charge in [0.05, 0.1) is 18.8 Å². The molecule has 140 valence electrons. The van der Waals surface area contributed by atoms with Crippen LogP contribution in [-0.2, 0) is 9.53 Å². The Morgan fingerprint density at radius 1 is 1.36 bits per heavy atom. The summed E-state index contributed by atoms with van der Waals surface area (Å²) in [6, 6.07) is 0. The van der Waals surface area contributed by atoms with Crippen LogP contribution in [0, 0.1) is 22.7 Å². The number of aliphatic hydroxyl groups is 3. The van der Waals surface area contributed by atoms with E-state index in [1.165, 1.54) is 0 Å². The van der Waals surface area contributed by atoms with Gasteiger partial charge in [-0.15, -0.1) is 0 Å². The first kappa shape index (κ1) is 18.6. The van der Waals surface area contributed by atoms with Crippen LogP contribution in [0.4, 0.5) is 0 Å². The van der Waals surface area contributed by atoms with Crippen molar-refractivity contribution < 1.29 is 24.9 Å². The zero-order valence-corrected chi connectivity index (χ0v) is 15.2. The molecule has 0 saturated heterocycles. The second kappa shape index (κ2) is 6.53. The van der Waals surface area contributed by atoms with Gasteiger partial charge in [0.15, 0.2) is 0 Å². The molecule has 2 aliphatic carbocycles. The molecule has 0 spiro atoms. The van der Waals surface area contributed by atoms with Crippen LogP contribution in [0.1, 0.15) is 46.0 Å². The first-order valence-corrected chi connectivity index (χ1v) is 9.26. The summed E-state index contributed by atoms with van der Waals surface area (Å²) in [6.07, 6.45) is 3.93. The lowest BCUT2D eigenvalue weighted by Crippen LogP contribution is -2.59. The topological polar surface area (TPSA) is 87.0 Å². The summed E-state index contributed by atoms with van der Waals surface area (Å²) in [5, 5.41) is 31.1. The summed E-state index contributed by atoms with van der Waals surface area (Å²) in [7, 11) is 0. The van der Waals surface area contributed by atoms with Crippen molar-refractivity contribution in [2.45, 2.75) is 58.2 Å². The second-order valence-electron chi connectivity index (χ2n) is 8.52. The van der Waals surface area contributed by atoms with Gasteiger partial charge < -0.3 is 20.1 Å². The predicted octanol–water partition coefficient (Wildman–Crippen LogP) is 1.96. The van der Waals surface area contributed by atoms with Crippen molar-refractivity contribution in [1.82, 2.24) is 0 Å². The van der Waals surface area contributed by atoms with Crippen LogP contribution in [0.3, 0.4) is 0 Å². The Balaban J connectivity index is 1.88. The number of fused-ring (bicyclic) bond motifs is 1. The fraction of sp³-hybridized carbons (Fsp3) is 0.750. The third kappa shape index (κ3) is 2.86. The molecule has 2 saturated carbocycles. The Morgan fingerprint density at radius 3 is 2.68 bits per heavy atom. The van der Waals surface area contributed by atoms with E-state index in [1.807, 2.05) is 13.0 Å². The van der Waals surface area contributed by atoms with E-state index in [2.05, 4.69) is 13.5 Å². The first-order valence-electron chi connectivity index (χ1n) is 9.26. The standard InChI is InChI=1S/C20H30O5/c1-12-14(5-4-13-7-9-25-18(13)24)19(2)8-6-17(23)20(3,11-21)16(19)10-15(12)22/h7,14-17,21-23H,1,4-6,8-11H2,2-3H3/t14-,15-,16+,17-,19+,20+/m1/s1. The molecule has 0 aromatic carbocycles. The van der Waals surface area contributed by atoms with Gasteiger partial charge >= 0.3 is 5.97 Å². The number of cyclic esters (lactones) is 1. The summed E-state index contributed by atoms with van der Waals surface area (Å²) in [6.45, 7) is 8.52. The van der Waals surface area contributed by atoms with E-state index < -0.39 is 17.6 Å². The lowest BCUT2D eigenvalue weighted by atomic mass is 9.45. The van der Waals surface area contributed by atoms with E-state index >= 15 is 0 Å². The van der Waals surface area contributed by atoms with Crippen molar-refractivity contribution >= 4 is 5.97 Å². The Kier molecular flexibility index (Phi) is 4.86. The molecule has 5 heteroatoms. The number of aliphatic hydroxyl groups excluding tert-OH is 3. The second-order valence-corrected chi connectivity index (χ2v) is 8.52. The maximum absolute atomic E-state index is 11.7. The van der Waals surface area contributed by atoms with Crippen LogP contribution in [-0.4, -0.2) is 46.7 Å². The van der Waals surface area contributed by atoms with Crippen LogP contribution in [0.25, 0.3) is 0 Å². The van der Waals surface area contributed by atoms with Crippen molar-refractivity contribution in [3.8, 4) is 0 Å². The maximum atomic E-state index is 11.7. The van der Waals surface area contributed by atoms with Crippen molar-refractivity contribution in [1.29, 1.82) is 0 Å². The molecule has 25 heavy (non-hydrogen) atoms. The van der Waals surface area contributed by atoms with E-state index in [-0.39, 0.29) is 29.8 Å². The third-order valence-electron chi connectivity index (χ3n) is 7.29. The van der Waals surface area contributed by atoms with E-state index in [0.717, 1.165) is 18.4 Å². The Morgan fingerprint density at radius 2 is 2.08 bits per heavy atom. The highest BCUT2D eigenvalue weighted by Crippen LogP contribution is 2.61. The van der Waals surface area contributed by atoms with Crippen molar-refractivity contribution in [3.05, 3.63) is 23.8 Å². The molecule has 3 rings (SSSR count). The smallest absolute Gasteiger partial charge is 0.334 e. The average Bonchev–Trinajstić information content (AvgIpc) is 2.99. The van der Waals surface area contributed by atoms with Gasteiger partial charge in [0.25, 0.3) is 0 Å². The number of carbonyl (C=O) groups is 1. The van der Waals surface area contributed by atoms with Crippen LogP contribution in [0.2, 0.25) is 0 Å². The zero-order valence-electron chi connectivity index (χ0n) is 15.2. The Labute approximate surface area is 149 Å². The SMILES string of the molecule is C=C1[C@H](O)C[C@@H]2[C@](C)(CO)[C@H](O)CC[C@@]2(C)[C@@H]1CCC1=CCOC1=O. The van der Waals surface area contributed by atoms with Gasteiger partial charge in [-0.2, -0.15) is 0 Å². The van der Waals surface area contributed by atoms with Gasteiger partial charge in [0, 0.05) is 11.0 Å². The zero-order chi connectivity index (χ0) is 18.4.